The molecule has 0 radical (unpaired) electrons. The number of esters is 1. The van der Waals surface area contributed by atoms with Crippen LogP contribution in [0.5, 0.6) is 0 Å². The molecule has 0 bridgehead atoms. The van der Waals surface area contributed by atoms with Crippen molar-refractivity contribution in [1.82, 2.24) is 4.90 Å². The van der Waals surface area contributed by atoms with E-state index in [4.69, 9.17) is 4.74 Å². The summed E-state index contributed by atoms with van der Waals surface area (Å²) in [5.41, 5.74) is 0.236. The molecule has 0 aromatic heterocycles. The second-order valence-electron chi connectivity index (χ2n) is 5.01. The van der Waals surface area contributed by atoms with Gasteiger partial charge in [0.25, 0.3) is 0 Å². The van der Waals surface area contributed by atoms with Gasteiger partial charge in [-0.05, 0) is 34.1 Å². The van der Waals surface area contributed by atoms with E-state index in [1.165, 1.54) is 6.92 Å². The van der Waals surface area contributed by atoms with Gasteiger partial charge in [-0.25, -0.2) is 0 Å². The number of hydrogen-bond acceptors (Lipinski definition) is 3. The van der Waals surface area contributed by atoms with E-state index < -0.39 is 0 Å². The Hall–Kier alpha value is -0.570. The predicted octanol–water partition coefficient (Wildman–Crippen LogP) is 1.81. The van der Waals surface area contributed by atoms with Crippen molar-refractivity contribution in [2.45, 2.75) is 58.7 Å². The van der Waals surface area contributed by atoms with Gasteiger partial charge >= 0.3 is 5.97 Å². The molecule has 0 N–H and O–H groups in total. The van der Waals surface area contributed by atoms with Crippen molar-refractivity contribution in [1.29, 1.82) is 0 Å². The Balaban J connectivity index is 2.26. The molecule has 1 heterocycles. The Labute approximate surface area is 86.4 Å². The molecular weight excluding hydrogens is 178 g/mol. The third-order valence-corrected chi connectivity index (χ3v) is 2.76. The lowest BCUT2D eigenvalue weighted by Crippen LogP contribution is -2.28. The first-order valence-corrected chi connectivity index (χ1v) is 5.26. The number of carbonyl (C=O) groups excluding carboxylic acids is 1. The van der Waals surface area contributed by atoms with E-state index in [1.807, 2.05) is 0 Å². The highest BCUT2D eigenvalue weighted by atomic mass is 16.5. The van der Waals surface area contributed by atoms with Crippen LogP contribution >= 0.6 is 0 Å². The first-order chi connectivity index (χ1) is 6.34. The van der Waals surface area contributed by atoms with Crippen LogP contribution in [0, 0.1) is 0 Å². The Morgan fingerprint density at radius 1 is 1.43 bits per heavy atom. The summed E-state index contributed by atoms with van der Waals surface area (Å²) in [4.78, 5) is 13.0. The van der Waals surface area contributed by atoms with Gasteiger partial charge in [0.2, 0.25) is 0 Å². The van der Waals surface area contributed by atoms with Gasteiger partial charge in [0, 0.05) is 24.5 Å². The fourth-order valence-corrected chi connectivity index (χ4v) is 2.22. The molecule has 1 aliphatic rings. The third kappa shape index (κ3) is 2.71. The molecule has 82 valence electrons. The minimum Gasteiger partial charge on any atom is -0.466 e. The van der Waals surface area contributed by atoms with Crippen molar-refractivity contribution in [3.8, 4) is 0 Å². The molecule has 0 saturated carbocycles. The van der Waals surface area contributed by atoms with E-state index in [2.05, 4.69) is 32.6 Å². The molecule has 3 atom stereocenters. The molecule has 1 rings (SSSR count). The molecule has 14 heavy (non-hydrogen) atoms. The number of carbonyl (C=O) groups is 1. The average molecular weight is 199 g/mol. The fraction of sp³-hybridized carbons (Fsp3) is 0.909. The van der Waals surface area contributed by atoms with Crippen molar-refractivity contribution in [3.05, 3.63) is 0 Å². The van der Waals surface area contributed by atoms with Crippen molar-refractivity contribution in [2.75, 3.05) is 6.61 Å². The number of rotatable bonds is 3. The monoisotopic (exact) mass is 199 g/mol. The standard InChI is InChI=1S/C11H21NO2/c1-8-10(6-7-14-9(2)13)12(8)11(3,4)5/h8,10H,6-7H2,1-5H3/t8-,10-,12?/m0/s1. The lowest BCUT2D eigenvalue weighted by Gasteiger charge is -2.22. The van der Waals surface area contributed by atoms with Crippen LogP contribution in [0.4, 0.5) is 0 Å². The summed E-state index contributed by atoms with van der Waals surface area (Å²) < 4.78 is 4.94. The van der Waals surface area contributed by atoms with E-state index in [0.717, 1.165) is 6.42 Å². The summed E-state index contributed by atoms with van der Waals surface area (Å²) in [5.74, 6) is -0.180. The van der Waals surface area contributed by atoms with Gasteiger partial charge in [0.05, 0.1) is 6.61 Å². The van der Waals surface area contributed by atoms with Crippen LogP contribution in [0.2, 0.25) is 0 Å². The molecule has 3 nitrogen and oxygen atoms in total. The van der Waals surface area contributed by atoms with Crippen LogP contribution in [0.1, 0.15) is 41.0 Å². The smallest absolute Gasteiger partial charge is 0.302 e. The summed E-state index contributed by atoms with van der Waals surface area (Å²) in [6.07, 6.45) is 0.956. The topological polar surface area (TPSA) is 29.3 Å². The van der Waals surface area contributed by atoms with Crippen molar-refractivity contribution in [2.24, 2.45) is 0 Å². The van der Waals surface area contributed by atoms with Crippen LogP contribution in [0.3, 0.4) is 0 Å². The van der Waals surface area contributed by atoms with Crippen molar-refractivity contribution < 1.29 is 9.53 Å². The summed E-state index contributed by atoms with van der Waals surface area (Å²) in [5, 5.41) is 0. The second-order valence-corrected chi connectivity index (χ2v) is 5.01. The molecule has 0 aromatic rings. The van der Waals surface area contributed by atoms with Crippen molar-refractivity contribution in [3.63, 3.8) is 0 Å². The maximum absolute atomic E-state index is 10.6. The van der Waals surface area contributed by atoms with Crippen LogP contribution < -0.4 is 0 Å². The van der Waals surface area contributed by atoms with E-state index in [9.17, 15) is 4.79 Å². The number of ether oxygens (including phenoxy) is 1. The second kappa shape index (κ2) is 3.89. The average Bonchev–Trinajstić information content (AvgIpc) is 2.59. The molecule has 0 spiro atoms. The zero-order valence-electron chi connectivity index (χ0n) is 9.83. The van der Waals surface area contributed by atoms with Gasteiger partial charge in [-0.2, -0.15) is 0 Å². The summed E-state index contributed by atoms with van der Waals surface area (Å²) in [6, 6.07) is 1.22. The third-order valence-electron chi connectivity index (χ3n) is 2.76. The molecule has 0 amide bonds. The van der Waals surface area contributed by atoms with Gasteiger partial charge < -0.3 is 4.74 Å². The van der Waals surface area contributed by atoms with E-state index >= 15 is 0 Å². The van der Waals surface area contributed by atoms with E-state index in [-0.39, 0.29) is 11.5 Å². The quantitative estimate of drug-likeness (QED) is 0.513. The molecule has 0 aliphatic carbocycles. The molecule has 1 fully saturated rings. The Morgan fingerprint density at radius 2 is 2.00 bits per heavy atom. The molecule has 3 heteroatoms. The minimum absolute atomic E-state index is 0.180. The lowest BCUT2D eigenvalue weighted by molar-refractivity contribution is -0.141. The van der Waals surface area contributed by atoms with Gasteiger partial charge in [-0.15, -0.1) is 0 Å². The van der Waals surface area contributed by atoms with Gasteiger partial charge in [-0.1, -0.05) is 0 Å². The van der Waals surface area contributed by atoms with Gasteiger partial charge in [0.1, 0.15) is 0 Å². The van der Waals surface area contributed by atoms with E-state index in [0.29, 0.717) is 18.7 Å². The van der Waals surface area contributed by atoms with Gasteiger partial charge in [0.15, 0.2) is 0 Å². The molecule has 1 saturated heterocycles. The van der Waals surface area contributed by atoms with Gasteiger partial charge in [-0.3, -0.25) is 9.69 Å². The Kier molecular flexibility index (Phi) is 3.20. The highest BCUT2D eigenvalue weighted by Crippen LogP contribution is 2.38. The maximum Gasteiger partial charge on any atom is 0.302 e. The van der Waals surface area contributed by atoms with Crippen LogP contribution in [-0.4, -0.2) is 35.1 Å². The summed E-state index contributed by atoms with van der Waals surface area (Å²) >= 11 is 0. The molecule has 1 unspecified atom stereocenters. The van der Waals surface area contributed by atoms with Crippen LogP contribution in [-0.2, 0) is 9.53 Å². The summed E-state index contributed by atoms with van der Waals surface area (Å²) in [6.45, 7) is 10.9. The predicted molar refractivity (Wildman–Crippen MR) is 56.1 cm³/mol. The fourth-order valence-electron chi connectivity index (χ4n) is 2.22. The Bertz CT molecular complexity index is 220. The molecule has 1 aliphatic heterocycles. The zero-order chi connectivity index (χ0) is 10.9. The van der Waals surface area contributed by atoms with Crippen LogP contribution in [0.25, 0.3) is 0 Å². The number of nitrogens with zero attached hydrogens (tertiary/aromatic N) is 1. The largest absolute Gasteiger partial charge is 0.466 e. The first-order valence-electron chi connectivity index (χ1n) is 5.26. The minimum atomic E-state index is -0.180. The first kappa shape index (κ1) is 11.5. The molecular formula is C11H21NO2. The normalized spacial score (nSPS) is 31.4. The SMILES string of the molecule is CC(=O)OCC[C@H]1[C@H](C)N1C(C)(C)C. The highest BCUT2D eigenvalue weighted by Gasteiger charge is 2.49. The van der Waals surface area contributed by atoms with Crippen molar-refractivity contribution >= 4 is 5.97 Å². The van der Waals surface area contributed by atoms with Crippen LogP contribution in [0.15, 0.2) is 0 Å². The summed E-state index contributed by atoms with van der Waals surface area (Å²) in [7, 11) is 0. The highest BCUT2D eigenvalue weighted by molar-refractivity contribution is 5.65. The Morgan fingerprint density at radius 3 is 2.36 bits per heavy atom. The van der Waals surface area contributed by atoms with E-state index in [1.54, 1.807) is 0 Å². The zero-order valence-corrected chi connectivity index (χ0v) is 9.83. The number of hydrogen-bond donors (Lipinski definition) is 0. The molecule has 0 aromatic carbocycles. The maximum atomic E-state index is 10.6. The lowest BCUT2D eigenvalue weighted by atomic mass is 10.1.